The highest BCUT2D eigenvalue weighted by atomic mass is 15.3. The van der Waals surface area contributed by atoms with Gasteiger partial charge in [0.1, 0.15) is 5.84 Å². The summed E-state index contributed by atoms with van der Waals surface area (Å²) in [7, 11) is 4.07. The standard InChI is InChI=1S/C15H22N4/c1-19(2)14-9-7-13(8-10-14)12-17-18-15-6-4-3-5-11-16-15/h7-10,12H,3-6,11H2,1-2H3,(H,16,18). The maximum atomic E-state index is 4.48. The Labute approximate surface area is 115 Å². The summed E-state index contributed by atoms with van der Waals surface area (Å²) >= 11 is 0. The van der Waals surface area contributed by atoms with Gasteiger partial charge in [-0.15, -0.1) is 0 Å². The van der Waals surface area contributed by atoms with Gasteiger partial charge in [-0.2, -0.15) is 5.10 Å². The van der Waals surface area contributed by atoms with E-state index in [1.165, 1.54) is 24.9 Å². The maximum absolute atomic E-state index is 4.48. The number of amidine groups is 1. The number of rotatable bonds is 3. The van der Waals surface area contributed by atoms with Crippen molar-refractivity contribution in [2.75, 3.05) is 25.5 Å². The Balaban J connectivity index is 1.89. The summed E-state index contributed by atoms with van der Waals surface area (Å²) in [6.45, 7) is 0.926. The number of hydrazone groups is 1. The highest BCUT2D eigenvalue weighted by Crippen LogP contribution is 2.11. The first-order chi connectivity index (χ1) is 9.25. The smallest absolute Gasteiger partial charge is 0.117 e. The monoisotopic (exact) mass is 258 g/mol. The Hall–Kier alpha value is -1.84. The number of anilines is 1. The second-order valence-corrected chi connectivity index (χ2v) is 5.00. The molecule has 1 heterocycles. The lowest BCUT2D eigenvalue weighted by molar-refractivity contribution is 0.729. The van der Waals surface area contributed by atoms with E-state index in [9.17, 15) is 0 Å². The fraction of sp³-hybridized carbons (Fsp3) is 0.467. The molecule has 0 amide bonds. The van der Waals surface area contributed by atoms with E-state index in [2.05, 4.69) is 44.7 Å². The third-order valence-electron chi connectivity index (χ3n) is 3.19. The normalized spacial score (nSPS) is 16.0. The third-order valence-corrected chi connectivity index (χ3v) is 3.19. The lowest BCUT2D eigenvalue weighted by atomic mass is 10.2. The minimum Gasteiger partial charge on any atom is -0.378 e. The van der Waals surface area contributed by atoms with Gasteiger partial charge in [-0.25, -0.2) is 0 Å². The summed E-state index contributed by atoms with van der Waals surface area (Å²) in [6, 6.07) is 8.31. The minimum atomic E-state index is 0.926. The molecular weight excluding hydrogens is 236 g/mol. The summed E-state index contributed by atoms with van der Waals surface area (Å²) < 4.78 is 0. The van der Waals surface area contributed by atoms with E-state index in [4.69, 9.17) is 0 Å². The fourth-order valence-corrected chi connectivity index (χ4v) is 2.01. The molecule has 0 bridgehead atoms. The van der Waals surface area contributed by atoms with E-state index in [1.807, 2.05) is 20.3 Å². The lowest BCUT2D eigenvalue weighted by Gasteiger charge is -2.11. The molecule has 2 rings (SSSR count). The van der Waals surface area contributed by atoms with E-state index in [0.717, 1.165) is 24.4 Å². The predicted octanol–water partition coefficient (Wildman–Crippen LogP) is 2.65. The third kappa shape index (κ3) is 4.39. The quantitative estimate of drug-likeness (QED) is 0.669. The molecule has 0 spiro atoms. The average Bonchev–Trinajstić information content (AvgIpc) is 2.68. The average molecular weight is 258 g/mol. The molecule has 1 aromatic rings. The van der Waals surface area contributed by atoms with Crippen LogP contribution in [0, 0.1) is 0 Å². The zero-order valence-corrected chi connectivity index (χ0v) is 11.8. The van der Waals surface area contributed by atoms with Crippen molar-refractivity contribution in [3.63, 3.8) is 0 Å². The van der Waals surface area contributed by atoms with Crippen molar-refractivity contribution in [2.45, 2.75) is 25.7 Å². The van der Waals surface area contributed by atoms with Crippen molar-refractivity contribution in [3.8, 4) is 0 Å². The van der Waals surface area contributed by atoms with Gasteiger partial charge in [0.15, 0.2) is 0 Å². The molecule has 0 aromatic heterocycles. The second kappa shape index (κ2) is 6.92. The molecule has 0 radical (unpaired) electrons. The van der Waals surface area contributed by atoms with Crippen LogP contribution in [0.3, 0.4) is 0 Å². The largest absolute Gasteiger partial charge is 0.378 e. The molecule has 0 unspecified atom stereocenters. The fourth-order valence-electron chi connectivity index (χ4n) is 2.01. The van der Waals surface area contributed by atoms with Crippen molar-refractivity contribution >= 4 is 17.7 Å². The molecular formula is C15H22N4. The Morgan fingerprint density at radius 3 is 2.68 bits per heavy atom. The maximum Gasteiger partial charge on any atom is 0.117 e. The molecule has 19 heavy (non-hydrogen) atoms. The van der Waals surface area contributed by atoms with Crippen LogP contribution in [-0.4, -0.2) is 32.7 Å². The van der Waals surface area contributed by atoms with Crippen molar-refractivity contribution in [1.29, 1.82) is 0 Å². The van der Waals surface area contributed by atoms with Crippen molar-refractivity contribution in [3.05, 3.63) is 29.8 Å². The van der Waals surface area contributed by atoms with Gasteiger partial charge in [0.25, 0.3) is 0 Å². The number of hydrogen-bond acceptors (Lipinski definition) is 4. The summed E-state index contributed by atoms with van der Waals surface area (Å²) in [6.07, 6.45) is 6.52. The first kappa shape index (κ1) is 13.6. The molecule has 0 aliphatic carbocycles. The highest BCUT2D eigenvalue weighted by molar-refractivity contribution is 5.85. The van der Waals surface area contributed by atoms with Gasteiger partial charge in [0.05, 0.1) is 6.21 Å². The lowest BCUT2D eigenvalue weighted by Crippen LogP contribution is -2.17. The molecule has 102 valence electrons. The summed E-state index contributed by atoms with van der Waals surface area (Å²) in [5, 5.41) is 4.26. The molecule has 0 saturated carbocycles. The zero-order chi connectivity index (χ0) is 13.5. The molecule has 1 N–H and O–H groups in total. The molecule has 0 fully saturated rings. The predicted molar refractivity (Wildman–Crippen MR) is 82.3 cm³/mol. The molecule has 0 atom stereocenters. The van der Waals surface area contributed by atoms with Gasteiger partial charge in [0.2, 0.25) is 0 Å². The van der Waals surface area contributed by atoms with E-state index in [1.54, 1.807) is 0 Å². The number of benzene rings is 1. The molecule has 0 saturated heterocycles. The molecule has 1 aliphatic rings. The van der Waals surface area contributed by atoms with Crippen LogP contribution in [-0.2, 0) is 0 Å². The summed E-state index contributed by atoms with van der Waals surface area (Å²) in [5.74, 6) is 1.01. The van der Waals surface area contributed by atoms with E-state index in [-0.39, 0.29) is 0 Å². The van der Waals surface area contributed by atoms with Crippen LogP contribution in [0.25, 0.3) is 0 Å². The minimum absolute atomic E-state index is 0.926. The molecule has 1 aromatic carbocycles. The first-order valence-electron chi connectivity index (χ1n) is 6.85. The number of aliphatic imine (C=N–C) groups is 1. The van der Waals surface area contributed by atoms with Gasteiger partial charge in [-0.1, -0.05) is 18.6 Å². The Morgan fingerprint density at radius 2 is 1.95 bits per heavy atom. The number of nitrogens with one attached hydrogen (secondary N) is 1. The van der Waals surface area contributed by atoms with Gasteiger partial charge >= 0.3 is 0 Å². The van der Waals surface area contributed by atoms with Crippen LogP contribution < -0.4 is 10.3 Å². The van der Waals surface area contributed by atoms with Crippen LogP contribution in [0.2, 0.25) is 0 Å². The first-order valence-corrected chi connectivity index (χ1v) is 6.85. The van der Waals surface area contributed by atoms with E-state index >= 15 is 0 Å². The van der Waals surface area contributed by atoms with Crippen LogP contribution >= 0.6 is 0 Å². The summed E-state index contributed by atoms with van der Waals surface area (Å²) in [4.78, 5) is 6.56. The van der Waals surface area contributed by atoms with Gasteiger partial charge < -0.3 is 4.90 Å². The van der Waals surface area contributed by atoms with Gasteiger partial charge in [-0.05, 0) is 30.5 Å². The Kier molecular flexibility index (Phi) is 4.95. The molecule has 1 aliphatic heterocycles. The number of nitrogens with zero attached hydrogens (tertiary/aromatic N) is 3. The van der Waals surface area contributed by atoms with E-state index in [0.29, 0.717) is 0 Å². The van der Waals surface area contributed by atoms with Crippen LogP contribution in [0.5, 0.6) is 0 Å². The van der Waals surface area contributed by atoms with Gasteiger partial charge in [0, 0.05) is 32.7 Å². The molecule has 4 nitrogen and oxygen atoms in total. The van der Waals surface area contributed by atoms with E-state index < -0.39 is 0 Å². The summed E-state index contributed by atoms with van der Waals surface area (Å²) in [5.41, 5.74) is 5.34. The van der Waals surface area contributed by atoms with Crippen LogP contribution in [0.15, 0.2) is 34.4 Å². The Morgan fingerprint density at radius 1 is 1.16 bits per heavy atom. The van der Waals surface area contributed by atoms with Crippen molar-refractivity contribution in [2.24, 2.45) is 10.1 Å². The topological polar surface area (TPSA) is 40.0 Å². The van der Waals surface area contributed by atoms with Crippen LogP contribution in [0.4, 0.5) is 5.69 Å². The van der Waals surface area contributed by atoms with Crippen LogP contribution in [0.1, 0.15) is 31.2 Å². The zero-order valence-electron chi connectivity index (χ0n) is 11.8. The van der Waals surface area contributed by atoms with Crippen molar-refractivity contribution < 1.29 is 0 Å². The Bertz CT molecular complexity index is 446. The highest BCUT2D eigenvalue weighted by Gasteiger charge is 2.02. The van der Waals surface area contributed by atoms with Gasteiger partial charge in [-0.3, -0.25) is 10.4 Å². The van der Waals surface area contributed by atoms with Crippen molar-refractivity contribution in [1.82, 2.24) is 5.43 Å². The second-order valence-electron chi connectivity index (χ2n) is 5.00. The number of hydrogen-bond donors (Lipinski definition) is 1. The SMILES string of the molecule is CN(C)c1ccc(C=NNC2=NCCCCC2)cc1. The molecule has 4 heteroatoms.